The number of anilines is 2. The van der Waals surface area contributed by atoms with Gasteiger partial charge in [0.05, 0.1) is 11.9 Å². The van der Waals surface area contributed by atoms with Crippen LogP contribution in [-0.4, -0.2) is 22.1 Å². The quantitative estimate of drug-likeness (QED) is 0.811. The molecule has 0 saturated carbocycles. The van der Waals surface area contributed by atoms with Gasteiger partial charge in [0.1, 0.15) is 5.69 Å². The number of carboxylic acid groups (broad SMARTS) is 1. The minimum atomic E-state index is -1.19. The van der Waals surface area contributed by atoms with Crippen LogP contribution in [-0.2, 0) is 0 Å². The molecule has 0 saturated heterocycles. The highest BCUT2D eigenvalue weighted by molar-refractivity contribution is 5.99. The molecule has 1 aromatic carbocycles. The Morgan fingerprint density at radius 1 is 1.00 bits per heavy atom. The average Bonchev–Trinajstić information content (AvgIpc) is 2.43. The van der Waals surface area contributed by atoms with Crippen LogP contribution < -0.4 is 10.6 Å². The molecule has 0 spiro atoms. The van der Waals surface area contributed by atoms with Crippen LogP contribution in [0, 0.1) is 11.6 Å². The number of carbonyl (C=O) groups excluding carboxylic acids is 1. The summed E-state index contributed by atoms with van der Waals surface area (Å²) in [5.74, 6) is -3.29. The number of nitrogens with one attached hydrogen (secondary N) is 2. The molecule has 108 valence electrons. The van der Waals surface area contributed by atoms with Crippen LogP contribution in [0.25, 0.3) is 0 Å². The van der Waals surface area contributed by atoms with E-state index in [9.17, 15) is 18.4 Å². The Hall–Kier alpha value is -3.03. The lowest BCUT2D eigenvalue weighted by Gasteiger charge is -2.07. The summed E-state index contributed by atoms with van der Waals surface area (Å²) in [5.41, 5.74) is 0.156. The lowest BCUT2D eigenvalue weighted by molar-refractivity contribution is 0.0690. The van der Waals surface area contributed by atoms with Crippen molar-refractivity contribution in [3.8, 4) is 0 Å². The lowest BCUT2D eigenvalue weighted by atomic mass is 10.3. The van der Waals surface area contributed by atoms with Gasteiger partial charge in [-0.05, 0) is 24.3 Å². The van der Waals surface area contributed by atoms with Gasteiger partial charge < -0.3 is 15.7 Å². The van der Waals surface area contributed by atoms with Crippen LogP contribution in [0.1, 0.15) is 10.5 Å². The fourth-order valence-corrected chi connectivity index (χ4v) is 1.46. The minimum absolute atomic E-state index is 0.0708. The number of pyridine rings is 1. The van der Waals surface area contributed by atoms with E-state index < -0.39 is 23.6 Å². The molecule has 0 unspecified atom stereocenters. The van der Waals surface area contributed by atoms with Crippen LogP contribution in [0.5, 0.6) is 0 Å². The molecule has 0 atom stereocenters. The van der Waals surface area contributed by atoms with Crippen LogP contribution >= 0.6 is 0 Å². The normalized spacial score (nSPS) is 10.0. The van der Waals surface area contributed by atoms with Gasteiger partial charge in [-0.15, -0.1) is 0 Å². The second-order valence-corrected chi connectivity index (χ2v) is 3.95. The Morgan fingerprint density at radius 3 is 2.24 bits per heavy atom. The number of halogens is 2. The smallest absolute Gasteiger partial charge is 0.354 e. The second kappa shape index (κ2) is 5.95. The summed E-state index contributed by atoms with van der Waals surface area (Å²) >= 11 is 0. The van der Waals surface area contributed by atoms with Crippen molar-refractivity contribution in [3.05, 3.63) is 53.9 Å². The molecular formula is C13H9F2N3O3. The lowest BCUT2D eigenvalue weighted by Crippen LogP contribution is -2.19. The molecule has 1 heterocycles. The highest BCUT2D eigenvalue weighted by Crippen LogP contribution is 2.14. The zero-order valence-corrected chi connectivity index (χ0v) is 10.4. The average molecular weight is 293 g/mol. The van der Waals surface area contributed by atoms with Crippen molar-refractivity contribution in [1.29, 1.82) is 0 Å². The Labute approximate surface area is 117 Å². The third-order valence-corrected chi connectivity index (χ3v) is 2.42. The number of rotatable bonds is 3. The number of hydrogen-bond donors (Lipinski definition) is 3. The van der Waals surface area contributed by atoms with E-state index in [2.05, 4.69) is 15.6 Å². The van der Waals surface area contributed by atoms with Gasteiger partial charge in [-0.25, -0.2) is 23.4 Å². The maximum absolute atomic E-state index is 13.0. The highest BCUT2D eigenvalue weighted by atomic mass is 19.2. The number of carbonyl (C=O) groups is 2. The molecule has 2 amide bonds. The second-order valence-electron chi connectivity index (χ2n) is 3.95. The summed E-state index contributed by atoms with van der Waals surface area (Å²) < 4.78 is 25.7. The summed E-state index contributed by atoms with van der Waals surface area (Å²) in [7, 11) is 0. The predicted octanol–water partition coefficient (Wildman–Crippen LogP) is 2.70. The van der Waals surface area contributed by atoms with Gasteiger partial charge in [-0.3, -0.25) is 0 Å². The first-order valence-electron chi connectivity index (χ1n) is 5.68. The molecule has 0 radical (unpaired) electrons. The summed E-state index contributed by atoms with van der Waals surface area (Å²) in [6.07, 6.45) is 1.16. The van der Waals surface area contributed by atoms with Crippen molar-refractivity contribution in [2.75, 3.05) is 10.6 Å². The number of amides is 2. The third-order valence-electron chi connectivity index (χ3n) is 2.42. The van der Waals surface area contributed by atoms with E-state index in [0.29, 0.717) is 0 Å². The summed E-state index contributed by atoms with van der Waals surface area (Å²) in [6.45, 7) is 0. The van der Waals surface area contributed by atoms with E-state index >= 15 is 0 Å². The first-order chi connectivity index (χ1) is 9.95. The van der Waals surface area contributed by atoms with E-state index in [1.807, 2.05) is 0 Å². The van der Waals surface area contributed by atoms with Crippen molar-refractivity contribution >= 4 is 23.4 Å². The molecule has 8 heteroatoms. The Bertz CT molecular complexity index is 690. The molecule has 6 nitrogen and oxygen atoms in total. The SMILES string of the molecule is O=C(Nc1ccc(C(=O)O)nc1)Nc1ccc(F)c(F)c1. The maximum Gasteiger partial charge on any atom is 0.354 e. The van der Waals surface area contributed by atoms with E-state index in [-0.39, 0.29) is 17.1 Å². The van der Waals surface area contributed by atoms with Crippen molar-refractivity contribution in [2.24, 2.45) is 0 Å². The Kier molecular flexibility index (Phi) is 4.07. The molecule has 0 aliphatic rings. The largest absolute Gasteiger partial charge is 0.477 e. The van der Waals surface area contributed by atoms with Crippen molar-refractivity contribution < 1.29 is 23.5 Å². The first kappa shape index (κ1) is 14.4. The van der Waals surface area contributed by atoms with Gasteiger partial charge in [0.25, 0.3) is 0 Å². The molecule has 0 bridgehead atoms. The van der Waals surface area contributed by atoms with E-state index in [1.165, 1.54) is 18.2 Å². The minimum Gasteiger partial charge on any atom is -0.477 e. The standard InChI is InChI=1S/C13H9F2N3O3/c14-9-3-1-7(5-10(9)15)17-13(21)18-8-2-4-11(12(19)20)16-6-8/h1-6H,(H,19,20)(H2,17,18,21). The van der Waals surface area contributed by atoms with Crippen molar-refractivity contribution in [3.63, 3.8) is 0 Å². The number of aromatic carboxylic acids is 1. The van der Waals surface area contributed by atoms with Gasteiger partial charge in [0, 0.05) is 11.8 Å². The molecule has 21 heavy (non-hydrogen) atoms. The number of hydrogen-bond acceptors (Lipinski definition) is 3. The van der Waals surface area contributed by atoms with Crippen LogP contribution in [0.4, 0.5) is 25.0 Å². The van der Waals surface area contributed by atoms with Gasteiger partial charge in [-0.2, -0.15) is 0 Å². The molecule has 0 fully saturated rings. The fourth-order valence-electron chi connectivity index (χ4n) is 1.46. The van der Waals surface area contributed by atoms with Gasteiger partial charge in [0.15, 0.2) is 11.6 Å². The molecule has 1 aromatic heterocycles. The molecule has 0 aliphatic heterocycles. The van der Waals surface area contributed by atoms with Crippen LogP contribution in [0.2, 0.25) is 0 Å². The third kappa shape index (κ3) is 3.72. The number of aromatic nitrogens is 1. The molecule has 3 N–H and O–H groups in total. The first-order valence-corrected chi connectivity index (χ1v) is 5.68. The van der Waals surface area contributed by atoms with Crippen molar-refractivity contribution in [1.82, 2.24) is 4.98 Å². The van der Waals surface area contributed by atoms with Crippen molar-refractivity contribution in [2.45, 2.75) is 0 Å². The van der Waals surface area contributed by atoms with Gasteiger partial charge in [0.2, 0.25) is 0 Å². The number of benzene rings is 1. The summed E-state index contributed by atoms with van der Waals surface area (Å²) in [5, 5.41) is 13.3. The number of nitrogens with zero attached hydrogens (tertiary/aromatic N) is 1. The zero-order chi connectivity index (χ0) is 15.4. The van der Waals surface area contributed by atoms with E-state index in [0.717, 1.165) is 18.3 Å². The summed E-state index contributed by atoms with van der Waals surface area (Å²) in [6, 6.07) is 4.78. The van der Waals surface area contributed by atoms with E-state index in [1.54, 1.807) is 0 Å². The summed E-state index contributed by atoms with van der Waals surface area (Å²) in [4.78, 5) is 25.8. The fraction of sp³-hybridized carbons (Fsp3) is 0. The van der Waals surface area contributed by atoms with Gasteiger partial charge in [-0.1, -0.05) is 0 Å². The Morgan fingerprint density at radius 2 is 1.67 bits per heavy atom. The molecule has 0 aliphatic carbocycles. The molecular weight excluding hydrogens is 284 g/mol. The highest BCUT2D eigenvalue weighted by Gasteiger charge is 2.08. The van der Waals surface area contributed by atoms with Crippen LogP contribution in [0.15, 0.2) is 36.5 Å². The topological polar surface area (TPSA) is 91.3 Å². The Balaban J connectivity index is 2.01. The van der Waals surface area contributed by atoms with E-state index in [4.69, 9.17) is 5.11 Å². The number of urea groups is 1. The van der Waals surface area contributed by atoms with Crippen LogP contribution in [0.3, 0.4) is 0 Å². The van der Waals surface area contributed by atoms with Gasteiger partial charge >= 0.3 is 12.0 Å². The number of carboxylic acids is 1. The monoisotopic (exact) mass is 293 g/mol. The zero-order valence-electron chi connectivity index (χ0n) is 10.4. The predicted molar refractivity (Wildman–Crippen MR) is 70.2 cm³/mol. The molecule has 2 aromatic rings. The molecule has 2 rings (SSSR count). The maximum atomic E-state index is 13.0.